The molecule has 0 saturated heterocycles. The second-order valence-electron chi connectivity index (χ2n) is 7.66. The zero-order valence-corrected chi connectivity index (χ0v) is 16.3. The van der Waals surface area contributed by atoms with E-state index in [1.807, 2.05) is 0 Å². The Hall–Kier alpha value is -1.00. The molecule has 22 heavy (non-hydrogen) atoms. The van der Waals surface area contributed by atoms with Crippen molar-refractivity contribution in [2.24, 2.45) is 0 Å². The number of hydrogen-bond acceptors (Lipinski definition) is 0. The van der Waals surface area contributed by atoms with Gasteiger partial charge in [-0.15, -0.1) is 0 Å². The van der Waals surface area contributed by atoms with Crippen LogP contribution in [0.2, 0.25) is 0 Å². The smallest absolute Gasteiger partial charge is 0.00237 e. The highest BCUT2D eigenvalue weighted by Crippen LogP contribution is 2.70. The molecule has 0 unspecified atom stereocenters. The average Bonchev–Trinajstić information content (AvgIpc) is 2.44. The molecule has 114 valence electrons. The molecule has 0 amide bonds. The lowest BCUT2D eigenvalue weighted by Crippen LogP contribution is -2.07. The standard InChI is InChI=1S/C20H21IS/c1-22(2,3,21)13-17-10-9-16-8-7-14-5-4-6-15-11-12-18(17)20(16)19(14)15/h4-12,22H,13H2,1-3H3. The van der Waals surface area contributed by atoms with E-state index >= 15 is 0 Å². The molecule has 0 radical (unpaired) electrons. The van der Waals surface area contributed by atoms with Gasteiger partial charge in [-0.2, -0.15) is 0 Å². The second kappa shape index (κ2) is 4.51. The summed E-state index contributed by atoms with van der Waals surface area (Å²) >= 11 is 2.71. The summed E-state index contributed by atoms with van der Waals surface area (Å²) < 4.78 is 0. The molecule has 4 aromatic carbocycles. The van der Waals surface area contributed by atoms with E-state index in [0.29, 0.717) is 0 Å². The minimum absolute atomic E-state index is 1.19. The third kappa shape index (κ3) is 2.46. The van der Waals surface area contributed by atoms with Crippen LogP contribution in [0.3, 0.4) is 0 Å². The summed E-state index contributed by atoms with van der Waals surface area (Å²) in [5.74, 6) is 1.19. The van der Waals surface area contributed by atoms with Crippen LogP contribution in [0.5, 0.6) is 0 Å². The second-order valence-corrected chi connectivity index (χ2v) is 24.5. The van der Waals surface area contributed by atoms with Crippen LogP contribution in [-0.2, 0) is 5.75 Å². The normalized spacial score (nSPS) is 14.6. The SMILES string of the molecule is C[SH](C)(C)(I)Cc1ccc2ccc3cccc4ccc1c2c34. The van der Waals surface area contributed by atoms with Crippen LogP contribution in [0.4, 0.5) is 0 Å². The highest BCUT2D eigenvalue weighted by molar-refractivity contribution is 14.2. The monoisotopic (exact) mass is 420 g/mol. The fraction of sp³-hybridized carbons (Fsp3) is 0.200. The Morgan fingerprint density at radius 2 is 1.27 bits per heavy atom. The maximum absolute atomic E-state index is 2.71. The number of benzene rings is 4. The fourth-order valence-corrected chi connectivity index (χ4v) is 6.04. The topological polar surface area (TPSA) is 0 Å². The lowest BCUT2D eigenvalue weighted by molar-refractivity contribution is 1.45. The predicted molar refractivity (Wildman–Crippen MR) is 115 cm³/mol. The van der Waals surface area contributed by atoms with Gasteiger partial charge in [0.1, 0.15) is 0 Å². The lowest BCUT2D eigenvalue weighted by atomic mass is 9.92. The summed E-state index contributed by atoms with van der Waals surface area (Å²) in [4.78, 5) is 0. The summed E-state index contributed by atoms with van der Waals surface area (Å²) in [5, 5.41) is 8.38. The Morgan fingerprint density at radius 1 is 0.727 bits per heavy atom. The van der Waals surface area contributed by atoms with Gasteiger partial charge in [0.25, 0.3) is 0 Å². The predicted octanol–water partition coefficient (Wildman–Crippen LogP) is 6.40. The highest BCUT2D eigenvalue weighted by Gasteiger charge is 2.22. The highest BCUT2D eigenvalue weighted by atomic mass is 127. The van der Waals surface area contributed by atoms with Crippen molar-refractivity contribution in [1.82, 2.24) is 0 Å². The molecule has 0 N–H and O–H groups in total. The summed E-state index contributed by atoms with van der Waals surface area (Å²) in [7, 11) is 0. The van der Waals surface area contributed by atoms with E-state index in [1.54, 1.807) is 0 Å². The van der Waals surface area contributed by atoms with Gasteiger partial charge < -0.3 is 0 Å². The van der Waals surface area contributed by atoms with Gasteiger partial charge in [0.05, 0.1) is 0 Å². The van der Waals surface area contributed by atoms with Gasteiger partial charge in [-0.1, -0.05) is 54.6 Å². The van der Waals surface area contributed by atoms with Crippen molar-refractivity contribution in [1.29, 1.82) is 0 Å². The van der Waals surface area contributed by atoms with Crippen molar-refractivity contribution >= 4 is 59.9 Å². The Labute approximate surface area is 144 Å². The van der Waals surface area contributed by atoms with E-state index < -0.39 is 6.33 Å². The van der Waals surface area contributed by atoms with Crippen LogP contribution < -0.4 is 0 Å². The minimum atomic E-state index is -1.61. The van der Waals surface area contributed by atoms with E-state index in [0.717, 1.165) is 0 Å². The quantitative estimate of drug-likeness (QED) is 0.217. The van der Waals surface area contributed by atoms with Gasteiger partial charge >= 0.3 is 0 Å². The van der Waals surface area contributed by atoms with Gasteiger partial charge in [0.2, 0.25) is 0 Å². The van der Waals surface area contributed by atoms with Gasteiger partial charge in [-0.05, 0) is 83.6 Å². The molecule has 0 aliphatic carbocycles. The molecule has 0 fully saturated rings. The molecule has 4 aromatic rings. The summed E-state index contributed by atoms with van der Waals surface area (Å²) in [6.07, 6.45) is 5.74. The molecule has 2 heteroatoms. The summed E-state index contributed by atoms with van der Waals surface area (Å²) in [6, 6.07) is 20.4. The van der Waals surface area contributed by atoms with Crippen molar-refractivity contribution in [3.8, 4) is 0 Å². The molecule has 0 nitrogen and oxygen atoms in total. The molecular weight excluding hydrogens is 399 g/mol. The molecule has 0 spiro atoms. The van der Waals surface area contributed by atoms with Crippen molar-refractivity contribution in [3.05, 3.63) is 60.2 Å². The van der Waals surface area contributed by atoms with Crippen LogP contribution >= 0.6 is 27.5 Å². The van der Waals surface area contributed by atoms with Gasteiger partial charge in [-0.3, -0.25) is 0 Å². The van der Waals surface area contributed by atoms with E-state index in [2.05, 4.69) is 94.6 Å². The first-order valence-electron chi connectivity index (χ1n) is 7.66. The zero-order valence-electron chi connectivity index (χ0n) is 13.2. The fourth-order valence-electron chi connectivity index (χ4n) is 3.51. The largest absolute Gasteiger partial charge is 0.244 e. The van der Waals surface area contributed by atoms with Gasteiger partial charge in [0.15, 0.2) is 0 Å². The first-order chi connectivity index (χ1) is 10.3. The average molecular weight is 420 g/mol. The van der Waals surface area contributed by atoms with Crippen LogP contribution in [0.15, 0.2) is 54.6 Å². The Bertz CT molecular complexity index is 983. The van der Waals surface area contributed by atoms with Gasteiger partial charge in [0, 0.05) is 0 Å². The van der Waals surface area contributed by atoms with E-state index in [9.17, 15) is 0 Å². The van der Waals surface area contributed by atoms with E-state index in [1.165, 1.54) is 43.6 Å². The Kier molecular flexibility index (Phi) is 2.99. The molecule has 0 aliphatic heterocycles. The van der Waals surface area contributed by atoms with Gasteiger partial charge in [-0.25, -0.2) is 6.33 Å². The number of thiol groups is 1. The maximum atomic E-state index is 2.71. The molecular formula is C20H21IS. The zero-order chi connectivity index (χ0) is 15.6. The van der Waals surface area contributed by atoms with Crippen molar-refractivity contribution < 1.29 is 0 Å². The van der Waals surface area contributed by atoms with Crippen molar-refractivity contribution in [2.75, 3.05) is 18.8 Å². The first kappa shape index (κ1) is 14.6. The first-order valence-corrected chi connectivity index (χ1v) is 14.2. The third-order valence-electron chi connectivity index (χ3n) is 4.32. The molecule has 0 aliphatic rings. The molecule has 0 aromatic heterocycles. The van der Waals surface area contributed by atoms with Crippen LogP contribution in [-0.4, -0.2) is 18.8 Å². The number of halogens is 1. The van der Waals surface area contributed by atoms with E-state index in [-0.39, 0.29) is 0 Å². The molecule has 4 rings (SSSR count). The molecule has 0 heterocycles. The van der Waals surface area contributed by atoms with Crippen LogP contribution in [0.1, 0.15) is 5.56 Å². The Morgan fingerprint density at radius 3 is 1.91 bits per heavy atom. The van der Waals surface area contributed by atoms with E-state index in [4.69, 9.17) is 0 Å². The van der Waals surface area contributed by atoms with Crippen LogP contribution in [0.25, 0.3) is 32.3 Å². The van der Waals surface area contributed by atoms with Crippen LogP contribution in [0, 0.1) is 0 Å². The minimum Gasteiger partial charge on any atom is -0.244 e. The lowest BCUT2D eigenvalue weighted by Gasteiger charge is -2.45. The molecule has 0 bridgehead atoms. The maximum Gasteiger partial charge on any atom is -0.00237 e. The Balaban J connectivity index is 2.13. The number of rotatable bonds is 2. The number of hydrogen-bond donors (Lipinski definition) is 1. The third-order valence-corrected chi connectivity index (χ3v) is 6.76. The molecule has 0 atom stereocenters. The van der Waals surface area contributed by atoms with Crippen molar-refractivity contribution in [3.63, 3.8) is 0 Å². The summed E-state index contributed by atoms with van der Waals surface area (Å²) in [6.45, 7) is 0. The molecule has 0 saturated carbocycles. The summed E-state index contributed by atoms with van der Waals surface area (Å²) in [5.41, 5.74) is 1.50. The van der Waals surface area contributed by atoms with Crippen molar-refractivity contribution in [2.45, 2.75) is 5.75 Å².